The van der Waals surface area contributed by atoms with E-state index in [2.05, 4.69) is 4.52 Å². The lowest BCUT2D eigenvalue weighted by Gasteiger charge is -2.18. The molecule has 0 saturated carbocycles. The molecule has 0 aromatic rings. The summed E-state index contributed by atoms with van der Waals surface area (Å²) in [5.74, 6) is 0.138. The van der Waals surface area contributed by atoms with E-state index in [1.165, 1.54) is 0 Å². The quantitative estimate of drug-likeness (QED) is 0.670. The van der Waals surface area contributed by atoms with E-state index in [0.29, 0.717) is 5.92 Å². The maximum Gasteiger partial charge on any atom is 0.695 e. The molecule has 0 aliphatic carbocycles. The number of hydrogen-bond donors (Lipinski definition) is 1. The summed E-state index contributed by atoms with van der Waals surface area (Å²) < 4.78 is 14.6. The van der Waals surface area contributed by atoms with E-state index in [0.717, 1.165) is 12.8 Å². The monoisotopic (exact) mass is 221 g/mol. The molecule has 2 unspecified atom stereocenters. The van der Waals surface area contributed by atoms with E-state index in [4.69, 9.17) is 4.89 Å². The highest BCUT2D eigenvalue weighted by Gasteiger charge is 2.24. The summed E-state index contributed by atoms with van der Waals surface area (Å²) >= 11 is 0. The second-order valence-corrected chi connectivity index (χ2v) is 4.08. The number of carbonyl (C=O) groups excluding carboxylic acids is 1. The summed E-state index contributed by atoms with van der Waals surface area (Å²) in [6, 6.07) is 0. The zero-order valence-corrected chi connectivity index (χ0v) is 9.79. The van der Waals surface area contributed by atoms with E-state index in [1.807, 2.05) is 20.8 Å². The molecule has 0 aliphatic rings. The van der Waals surface area contributed by atoms with Crippen LogP contribution < -0.4 is 0 Å². The molecule has 0 aliphatic heterocycles. The van der Waals surface area contributed by atoms with Crippen molar-refractivity contribution < 1.29 is 18.8 Å². The van der Waals surface area contributed by atoms with Crippen molar-refractivity contribution in [2.45, 2.75) is 33.6 Å². The molecule has 0 spiro atoms. The second-order valence-electron chi connectivity index (χ2n) is 3.34. The fourth-order valence-corrected chi connectivity index (χ4v) is 1.75. The Labute approximate surface area is 85.6 Å². The van der Waals surface area contributed by atoms with Gasteiger partial charge in [-0.3, -0.25) is 4.79 Å². The predicted molar refractivity (Wildman–Crippen MR) is 54.0 cm³/mol. The van der Waals surface area contributed by atoms with Crippen molar-refractivity contribution in [3.63, 3.8) is 0 Å². The average molecular weight is 221 g/mol. The van der Waals surface area contributed by atoms with Crippen molar-refractivity contribution in [3.8, 4) is 0 Å². The van der Waals surface area contributed by atoms with Gasteiger partial charge in [0, 0.05) is 10.5 Å². The van der Waals surface area contributed by atoms with Crippen LogP contribution in [0.15, 0.2) is 0 Å². The minimum absolute atomic E-state index is 0.0973. The largest absolute Gasteiger partial charge is 0.695 e. The number of Topliss-reactive ketones (excluding diaryl/α,β-unsaturated/α-hetero) is 1. The van der Waals surface area contributed by atoms with Gasteiger partial charge in [-0.05, 0) is 5.92 Å². The van der Waals surface area contributed by atoms with Crippen molar-refractivity contribution in [1.82, 2.24) is 0 Å². The van der Waals surface area contributed by atoms with Gasteiger partial charge >= 0.3 is 8.25 Å². The second kappa shape index (κ2) is 7.04. The smallest absolute Gasteiger partial charge is 0.297 e. The van der Waals surface area contributed by atoms with Crippen LogP contribution in [0.5, 0.6) is 0 Å². The van der Waals surface area contributed by atoms with Crippen molar-refractivity contribution in [3.05, 3.63) is 0 Å². The molecule has 14 heavy (non-hydrogen) atoms. The summed E-state index contributed by atoms with van der Waals surface area (Å²) in [6.07, 6.45) is 1.88. The molecule has 0 aromatic heterocycles. The first-order valence-electron chi connectivity index (χ1n) is 4.84. The van der Waals surface area contributed by atoms with Crippen LogP contribution in [-0.4, -0.2) is 17.3 Å². The lowest BCUT2D eigenvalue weighted by molar-refractivity contribution is -0.126. The molecule has 0 rings (SSSR count). The highest BCUT2D eigenvalue weighted by Crippen LogP contribution is 2.22. The Morgan fingerprint density at radius 2 is 1.93 bits per heavy atom. The lowest BCUT2D eigenvalue weighted by atomic mass is 9.86. The normalized spacial score (nSPS) is 14.2. The number of ketones is 1. The van der Waals surface area contributed by atoms with Gasteiger partial charge in [0.1, 0.15) is 0 Å². The molecule has 0 saturated heterocycles. The predicted octanol–water partition coefficient (Wildman–Crippen LogP) is 2.29. The molecule has 0 radical (unpaired) electrons. The van der Waals surface area contributed by atoms with Crippen LogP contribution in [0.3, 0.4) is 0 Å². The third-order valence-electron chi connectivity index (χ3n) is 2.58. The van der Waals surface area contributed by atoms with Gasteiger partial charge in [-0.2, -0.15) is 0 Å². The summed E-state index contributed by atoms with van der Waals surface area (Å²) in [5, 5.41) is 0. The van der Waals surface area contributed by atoms with E-state index in [9.17, 15) is 9.36 Å². The standard InChI is InChI=1S/C9H17O4P/c1-4-8(5-2)7(3)9(10)6-13-14(11)12/h7-8H,4-6H2,1-3H3/p+1. The Kier molecular flexibility index (Phi) is 6.89. The number of rotatable bonds is 7. The Morgan fingerprint density at radius 1 is 1.43 bits per heavy atom. The van der Waals surface area contributed by atoms with Crippen molar-refractivity contribution in [1.29, 1.82) is 0 Å². The van der Waals surface area contributed by atoms with Gasteiger partial charge in [0.05, 0.1) is 0 Å². The number of hydrogen-bond acceptors (Lipinski definition) is 3. The maximum absolute atomic E-state index is 11.4. The Hall–Kier alpha value is -0.310. The SMILES string of the molecule is CCC(CC)C(C)C(=O)CO[P+](=O)O. The third kappa shape index (κ3) is 4.80. The van der Waals surface area contributed by atoms with Crippen molar-refractivity contribution in [2.75, 3.05) is 6.61 Å². The van der Waals surface area contributed by atoms with Crippen LogP contribution in [0.2, 0.25) is 0 Å². The van der Waals surface area contributed by atoms with Gasteiger partial charge < -0.3 is 0 Å². The fourth-order valence-electron chi connectivity index (χ4n) is 1.51. The van der Waals surface area contributed by atoms with Crippen LogP contribution >= 0.6 is 8.25 Å². The zero-order chi connectivity index (χ0) is 11.1. The van der Waals surface area contributed by atoms with Crippen LogP contribution in [0.25, 0.3) is 0 Å². The molecule has 82 valence electrons. The molecule has 0 amide bonds. The first-order chi connectivity index (χ1) is 6.52. The van der Waals surface area contributed by atoms with Crippen molar-refractivity contribution >= 4 is 14.0 Å². The molecular weight excluding hydrogens is 203 g/mol. The highest BCUT2D eigenvalue weighted by atomic mass is 31.1. The molecule has 0 fully saturated rings. The van der Waals surface area contributed by atoms with Gasteiger partial charge in [0.25, 0.3) is 0 Å². The van der Waals surface area contributed by atoms with Crippen LogP contribution in [-0.2, 0) is 13.9 Å². The Balaban J connectivity index is 4.03. The minimum atomic E-state index is -2.66. The minimum Gasteiger partial charge on any atom is -0.297 e. The molecule has 4 nitrogen and oxygen atoms in total. The third-order valence-corrected chi connectivity index (χ3v) is 2.93. The first-order valence-corrected chi connectivity index (χ1v) is 5.97. The fraction of sp³-hybridized carbons (Fsp3) is 0.889. The molecule has 0 heterocycles. The average Bonchev–Trinajstić information content (AvgIpc) is 2.15. The van der Waals surface area contributed by atoms with Gasteiger partial charge in [0.2, 0.25) is 0 Å². The first kappa shape index (κ1) is 13.7. The molecular formula is C9H18O4P+. The van der Waals surface area contributed by atoms with Crippen LogP contribution in [0, 0.1) is 11.8 Å². The van der Waals surface area contributed by atoms with E-state index < -0.39 is 8.25 Å². The Bertz CT molecular complexity index is 201. The molecule has 5 heteroatoms. The zero-order valence-electron chi connectivity index (χ0n) is 8.90. The molecule has 1 N–H and O–H groups in total. The summed E-state index contributed by atoms with van der Waals surface area (Å²) in [7, 11) is -2.66. The van der Waals surface area contributed by atoms with E-state index >= 15 is 0 Å². The van der Waals surface area contributed by atoms with Gasteiger partial charge in [-0.1, -0.05) is 33.6 Å². The summed E-state index contributed by atoms with van der Waals surface area (Å²) in [4.78, 5) is 19.8. The van der Waals surface area contributed by atoms with Crippen molar-refractivity contribution in [2.24, 2.45) is 11.8 Å². The van der Waals surface area contributed by atoms with E-state index in [-0.39, 0.29) is 18.3 Å². The van der Waals surface area contributed by atoms with Gasteiger partial charge in [0.15, 0.2) is 12.4 Å². The summed E-state index contributed by atoms with van der Waals surface area (Å²) in [5.41, 5.74) is 0. The maximum atomic E-state index is 11.4. The number of carbonyl (C=O) groups is 1. The van der Waals surface area contributed by atoms with Gasteiger partial charge in [-0.25, -0.2) is 0 Å². The molecule has 0 aromatic carbocycles. The lowest BCUT2D eigenvalue weighted by Crippen LogP contribution is -2.23. The highest BCUT2D eigenvalue weighted by molar-refractivity contribution is 7.32. The van der Waals surface area contributed by atoms with Crippen LogP contribution in [0.4, 0.5) is 0 Å². The van der Waals surface area contributed by atoms with Gasteiger partial charge in [-0.15, -0.1) is 9.42 Å². The topological polar surface area (TPSA) is 63.6 Å². The van der Waals surface area contributed by atoms with E-state index in [1.54, 1.807) is 0 Å². The summed E-state index contributed by atoms with van der Waals surface area (Å²) in [6.45, 7) is 5.65. The van der Waals surface area contributed by atoms with Crippen LogP contribution in [0.1, 0.15) is 33.6 Å². The Morgan fingerprint density at radius 3 is 2.29 bits per heavy atom. The molecule has 2 atom stereocenters. The molecule has 0 bridgehead atoms.